The molecule has 0 saturated heterocycles. The lowest BCUT2D eigenvalue weighted by Crippen LogP contribution is -2.45. The van der Waals surface area contributed by atoms with Gasteiger partial charge in [0.2, 0.25) is 0 Å². The molecule has 1 N–H and O–H groups in total. The second kappa shape index (κ2) is 6.28. The smallest absolute Gasteiger partial charge is 0.0481 e. The lowest BCUT2D eigenvalue weighted by molar-refractivity contribution is 0.136. The summed E-state index contributed by atoms with van der Waals surface area (Å²) in [6.45, 7) is 0. The van der Waals surface area contributed by atoms with E-state index < -0.39 is 0 Å². The Morgan fingerprint density at radius 1 is 1.05 bits per heavy atom. The maximum Gasteiger partial charge on any atom is 0.0481 e. The molecule has 2 atom stereocenters. The number of nitrogens with one attached hydrogen (secondary N) is 1. The summed E-state index contributed by atoms with van der Waals surface area (Å²) in [5, 5.41) is 3.56. The molecule has 0 spiro atoms. The molecule has 0 aliphatic heterocycles. The van der Waals surface area contributed by atoms with Crippen molar-refractivity contribution in [3.63, 3.8) is 0 Å². The van der Waals surface area contributed by atoms with Crippen LogP contribution in [0.25, 0.3) is 0 Å². The van der Waals surface area contributed by atoms with Crippen molar-refractivity contribution in [3.8, 4) is 0 Å². The largest absolute Gasteiger partial charge is 0.312 e. The number of hydrogen-bond acceptors (Lipinski definition) is 2. The Bertz CT molecular complexity index is 435. The summed E-state index contributed by atoms with van der Waals surface area (Å²) < 4.78 is 0. The van der Waals surface area contributed by atoms with Gasteiger partial charge in [-0.2, -0.15) is 0 Å². The molecule has 2 aliphatic carbocycles. The minimum absolute atomic E-state index is 0.499. The van der Waals surface area contributed by atoms with Crippen LogP contribution in [0.2, 0.25) is 0 Å². The zero-order chi connectivity index (χ0) is 13.9. The summed E-state index contributed by atoms with van der Waals surface area (Å²) >= 11 is 0. The van der Waals surface area contributed by atoms with E-state index in [0.29, 0.717) is 12.1 Å². The molecule has 0 aromatic heterocycles. The Kier molecular flexibility index (Phi) is 4.42. The first-order valence-corrected chi connectivity index (χ1v) is 8.28. The summed E-state index contributed by atoms with van der Waals surface area (Å²) in [6, 6.07) is 10.9. The zero-order valence-corrected chi connectivity index (χ0v) is 12.9. The summed E-state index contributed by atoms with van der Waals surface area (Å²) in [6.07, 6.45) is 9.68. The van der Waals surface area contributed by atoms with Gasteiger partial charge in [-0.3, -0.25) is 4.90 Å². The Morgan fingerprint density at radius 3 is 2.45 bits per heavy atom. The second-order valence-corrected chi connectivity index (χ2v) is 6.55. The highest BCUT2D eigenvalue weighted by Gasteiger charge is 2.36. The van der Waals surface area contributed by atoms with Gasteiger partial charge in [0.05, 0.1) is 0 Å². The fourth-order valence-corrected chi connectivity index (χ4v) is 4.24. The number of nitrogens with zero attached hydrogens (tertiary/aromatic N) is 1. The second-order valence-electron chi connectivity index (χ2n) is 6.55. The number of rotatable bonds is 3. The van der Waals surface area contributed by atoms with Crippen LogP contribution in [0.15, 0.2) is 24.3 Å². The molecule has 2 unspecified atom stereocenters. The highest BCUT2D eigenvalue weighted by atomic mass is 15.2. The molecule has 0 amide bonds. The Hall–Kier alpha value is -0.860. The molecule has 2 nitrogen and oxygen atoms in total. The van der Waals surface area contributed by atoms with Crippen molar-refractivity contribution >= 4 is 0 Å². The molecular formula is C18H28N2. The van der Waals surface area contributed by atoms with Gasteiger partial charge >= 0.3 is 0 Å². The van der Waals surface area contributed by atoms with Crippen LogP contribution in [0.4, 0.5) is 0 Å². The van der Waals surface area contributed by atoms with Crippen molar-refractivity contribution in [3.05, 3.63) is 35.4 Å². The molecule has 1 saturated carbocycles. The maximum absolute atomic E-state index is 3.56. The molecule has 2 aliphatic rings. The van der Waals surface area contributed by atoms with Crippen LogP contribution in [-0.2, 0) is 6.42 Å². The molecule has 1 fully saturated rings. The molecule has 2 heteroatoms. The Labute approximate surface area is 123 Å². The van der Waals surface area contributed by atoms with Gasteiger partial charge in [-0.1, -0.05) is 49.9 Å². The van der Waals surface area contributed by atoms with Gasteiger partial charge in [0, 0.05) is 18.1 Å². The SMILES string of the molecule is CNC1c2ccccc2CC1N(C)C1CCCCCC1. The van der Waals surface area contributed by atoms with E-state index >= 15 is 0 Å². The minimum atomic E-state index is 0.499. The summed E-state index contributed by atoms with van der Waals surface area (Å²) in [4.78, 5) is 2.69. The van der Waals surface area contributed by atoms with E-state index in [9.17, 15) is 0 Å². The van der Waals surface area contributed by atoms with E-state index in [4.69, 9.17) is 0 Å². The lowest BCUT2D eigenvalue weighted by Gasteiger charge is -2.36. The average Bonchev–Trinajstić information content (AvgIpc) is 2.65. The molecule has 20 heavy (non-hydrogen) atoms. The van der Waals surface area contributed by atoms with Gasteiger partial charge in [-0.25, -0.2) is 0 Å². The first-order chi connectivity index (χ1) is 9.81. The molecule has 0 bridgehead atoms. The fraction of sp³-hybridized carbons (Fsp3) is 0.667. The van der Waals surface area contributed by atoms with E-state index in [1.54, 1.807) is 0 Å². The van der Waals surface area contributed by atoms with Gasteiger partial charge in [0.25, 0.3) is 0 Å². The average molecular weight is 272 g/mol. The third kappa shape index (κ3) is 2.64. The van der Waals surface area contributed by atoms with Crippen molar-refractivity contribution in [2.45, 2.75) is 63.1 Å². The highest BCUT2D eigenvalue weighted by Crippen LogP contribution is 2.36. The number of fused-ring (bicyclic) bond motifs is 1. The van der Waals surface area contributed by atoms with E-state index in [2.05, 4.69) is 48.6 Å². The third-order valence-corrected chi connectivity index (χ3v) is 5.44. The lowest BCUT2D eigenvalue weighted by atomic mass is 10.0. The Balaban J connectivity index is 1.76. The predicted molar refractivity (Wildman–Crippen MR) is 85.0 cm³/mol. The summed E-state index contributed by atoms with van der Waals surface area (Å²) in [5.74, 6) is 0. The highest BCUT2D eigenvalue weighted by molar-refractivity contribution is 5.37. The van der Waals surface area contributed by atoms with E-state index in [0.717, 1.165) is 6.04 Å². The van der Waals surface area contributed by atoms with Crippen LogP contribution >= 0.6 is 0 Å². The van der Waals surface area contributed by atoms with E-state index in [-0.39, 0.29) is 0 Å². The van der Waals surface area contributed by atoms with Crippen LogP contribution in [0.5, 0.6) is 0 Å². The monoisotopic (exact) mass is 272 g/mol. The van der Waals surface area contributed by atoms with Crippen molar-refractivity contribution < 1.29 is 0 Å². The molecule has 0 heterocycles. The zero-order valence-electron chi connectivity index (χ0n) is 12.9. The first-order valence-electron chi connectivity index (χ1n) is 8.28. The van der Waals surface area contributed by atoms with Gasteiger partial charge in [-0.15, -0.1) is 0 Å². The van der Waals surface area contributed by atoms with E-state index in [1.165, 1.54) is 56.1 Å². The molecule has 3 rings (SSSR count). The fourth-order valence-electron chi connectivity index (χ4n) is 4.24. The number of hydrogen-bond donors (Lipinski definition) is 1. The molecule has 1 aromatic rings. The quantitative estimate of drug-likeness (QED) is 0.847. The van der Waals surface area contributed by atoms with Gasteiger partial charge < -0.3 is 5.32 Å². The first kappa shape index (κ1) is 14.1. The minimum Gasteiger partial charge on any atom is -0.312 e. The summed E-state index contributed by atoms with van der Waals surface area (Å²) in [7, 11) is 4.47. The van der Waals surface area contributed by atoms with Crippen molar-refractivity contribution in [1.82, 2.24) is 10.2 Å². The maximum atomic E-state index is 3.56. The van der Waals surface area contributed by atoms with Gasteiger partial charge in [-0.05, 0) is 44.5 Å². The molecule has 0 radical (unpaired) electrons. The Morgan fingerprint density at radius 2 is 1.75 bits per heavy atom. The van der Waals surface area contributed by atoms with Crippen LogP contribution in [0, 0.1) is 0 Å². The van der Waals surface area contributed by atoms with Crippen molar-refractivity contribution in [2.75, 3.05) is 14.1 Å². The molecular weight excluding hydrogens is 244 g/mol. The standard InChI is InChI=1S/C18H28N2/c1-19-18-16-12-8-7-9-14(16)13-17(18)20(2)15-10-5-3-4-6-11-15/h7-9,12,15,17-19H,3-6,10-11,13H2,1-2H3. The van der Waals surface area contributed by atoms with Crippen molar-refractivity contribution in [1.29, 1.82) is 0 Å². The number of benzene rings is 1. The van der Waals surface area contributed by atoms with Crippen molar-refractivity contribution in [2.24, 2.45) is 0 Å². The molecule has 110 valence electrons. The van der Waals surface area contributed by atoms with Crippen LogP contribution in [-0.4, -0.2) is 31.1 Å². The third-order valence-electron chi connectivity index (χ3n) is 5.44. The van der Waals surface area contributed by atoms with Gasteiger partial charge in [0.15, 0.2) is 0 Å². The van der Waals surface area contributed by atoms with Gasteiger partial charge in [0.1, 0.15) is 0 Å². The van der Waals surface area contributed by atoms with Crippen LogP contribution in [0.1, 0.15) is 55.7 Å². The summed E-state index contributed by atoms with van der Waals surface area (Å²) in [5.41, 5.74) is 3.05. The molecule has 1 aromatic carbocycles. The topological polar surface area (TPSA) is 15.3 Å². The van der Waals surface area contributed by atoms with E-state index in [1.807, 2.05) is 0 Å². The number of likely N-dealkylation sites (N-methyl/N-ethyl adjacent to an activating group) is 2. The predicted octanol–water partition coefficient (Wildman–Crippen LogP) is 3.53. The van der Waals surface area contributed by atoms with Crippen LogP contribution in [0.3, 0.4) is 0 Å². The van der Waals surface area contributed by atoms with Crippen LogP contribution < -0.4 is 5.32 Å². The normalized spacial score (nSPS) is 27.6.